The van der Waals surface area contributed by atoms with Crippen molar-refractivity contribution in [1.82, 2.24) is 19.5 Å². The number of hydrogen-bond donors (Lipinski definition) is 2. The van der Waals surface area contributed by atoms with Crippen LogP contribution in [-0.2, 0) is 20.7 Å². The van der Waals surface area contributed by atoms with Crippen molar-refractivity contribution in [1.29, 1.82) is 0 Å². The van der Waals surface area contributed by atoms with E-state index in [0.29, 0.717) is 30.1 Å². The van der Waals surface area contributed by atoms with Crippen LogP contribution >= 0.6 is 0 Å². The summed E-state index contributed by atoms with van der Waals surface area (Å²) in [6.45, 7) is 2.77. The van der Waals surface area contributed by atoms with Gasteiger partial charge in [-0.2, -0.15) is 0 Å². The van der Waals surface area contributed by atoms with E-state index in [1.165, 1.54) is 9.42 Å². The maximum absolute atomic E-state index is 12.8. The first-order valence-electron chi connectivity index (χ1n) is 8.62. The molecule has 0 radical (unpaired) electrons. The lowest BCUT2D eigenvalue weighted by Crippen LogP contribution is -2.40. The van der Waals surface area contributed by atoms with Crippen LogP contribution in [0.25, 0.3) is 5.65 Å². The summed E-state index contributed by atoms with van der Waals surface area (Å²) >= 11 is 0. The third kappa shape index (κ3) is 3.93. The first-order valence-corrected chi connectivity index (χ1v) is 8.62. The molecule has 0 spiro atoms. The summed E-state index contributed by atoms with van der Waals surface area (Å²) in [6.07, 6.45) is 3.02. The molecule has 26 heavy (non-hydrogen) atoms. The van der Waals surface area contributed by atoms with Crippen LogP contribution in [0, 0.1) is 6.92 Å². The molecule has 1 fully saturated rings. The average Bonchev–Trinajstić information content (AvgIpc) is 3.26. The Kier molecular flexibility index (Phi) is 5.36. The topological polar surface area (TPSA) is 117 Å². The smallest absolute Gasteiger partial charge is 0.305 e. The van der Waals surface area contributed by atoms with Crippen LogP contribution in [-0.4, -0.2) is 62.3 Å². The van der Waals surface area contributed by atoms with Crippen LogP contribution in [0.2, 0.25) is 0 Å². The van der Waals surface area contributed by atoms with Gasteiger partial charge in [-0.25, -0.2) is 9.50 Å². The number of hydrogen-bond acceptors (Lipinski definition) is 5. The van der Waals surface area contributed by atoms with Crippen molar-refractivity contribution in [3.8, 4) is 0 Å². The van der Waals surface area contributed by atoms with Crippen molar-refractivity contribution in [3.05, 3.63) is 33.9 Å². The van der Waals surface area contributed by atoms with Gasteiger partial charge < -0.3 is 14.7 Å². The summed E-state index contributed by atoms with van der Waals surface area (Å²) in [6, 6.07) is 1.68. The van der Waals surface area contributed by atoms with Gasteiger partial charge in [-0.05, 0) is 19.8 Å². The fourth-order valence-electron chi connectivity index (χ4n) is 3.16. The summed E-state index contributed by atoms with van der Waals surface area (Å²) in [5, 5.41) is 11.7. The Morgan fingerprint density at radius 1 is 1.50 bits per heavy atom. The summed E-state index contributed by atoms with van der Waals surface area (Å²) < 4.78 is 6.85. The number of aliphatic carboxylic acids is 1. The van der Waals surface area contributed by atoms with Gasteiger partial charge in [0.1, 0.15) is 0 Å². The summed E-state index contributed by atoms with van der Waals surface area (Å²) in [7, 11) is 0. The maximum Gasteiger partial charge on any atom is 0.305 e. The zero-order chi connectivity index (χ0) is 18.7. The van der Waals surface area contributed by atoms with Gasteiger partial charge in [-0.1, -0.05) is 0 Å². The normalized spacial score (nSPS) is 16.9. The molecule has 1 aliphatic rings. The van der Waals surface area contributed by atoms with Crippen LogP contribution in [0.5, 0.6) is 0 Å². The summed E-state index contributed by atoms with van der Waals surface area (Å²) in [5.74, 6) is -1.27. The zero-order valence-electron chi connectivity index (χ0n) is 14.6. The number of aromatic nitrogens is 3. The first kappa shape index (κ1) is 18.1. The second-order valence-electron chi connectivity index (χ2n) is 6.43. The molecule has 1 amide bonds. The Labute approximate surface area is 149 Å². The molecule has 0 saturated carbocycles. The number of fused-ring (bicyclic) bond motifs is 1. The molecule has 0 aliphatic carbocycles. The lowest BCUT2D eigenvalue weighted by atomic mass is 10.1. The van der Waals surface area contributed by atoms with Crippen LogP contribution in [0.15, 0.2) is 17.1 Å². The van der Waals surface area contributed by atoms with Crippen LogP contribution in [0.4, 0.5) is 0 Å². The molecule has 1 atom stereocenters. The van der Waals surface area contributed by atoms with E-state index in [0.717, 1.165) is 12.8 Å². The molecule has 1 saturated heterocycles. The molecule has 0 unspecified atom stereocenters. The average molecular weight is 362 g/mol. The summed E-state index contributed by atoms with van der Waals surface area (Å²) in [5.41, 5.74) is 0.979. The lowest BCUT2D eigenvalue weighted by Gasteiger charge is -2.25. The first-order chi connectivity index (χ1) is 12.5. The number of ether oxygens (including phenoxy) is 1. The van der Waals surface area contributed by atoms with E-state index in [9.17, 15) is 14.4 Å². The highest BCUT2D eigenvalue weighted by atomic mass is 16.5. The van der Waals surface area contributed by atoms with E-state index in [1.54, 1.807) is 19.2 Å². The molecule has 2 aromatic heterocycles. The highest BCUT2D eigenvalue weighted by Crippen LogP contribution is 2.15. The Morgan fingerprint density at radius 3 is 3.00 bits per heavy atom. The molecule has 3 rings (SSSR count). The molecule has 0 bridgehead atoms. The molecule has 1 aliphatic heterocycles. The molecule has 140 valence electrons. The monoisotopic (exact) mass is 362 g/mol. The Bertz CT molecular complexity index is 866. The van der Waals surface area contributed by atoms with Gasteiger partial charge >= 0.3 is 5.97 Å². The maximum atomic E-state index is 12.8. The number of carboxylic acid groups (broad SMARTS) is 1. The van der Waals surface area contributed by atoms with Crippen molar-refractivity contribution in [2.45, 2.75) is 38.7 Å². The highest BCUT2D eigenvalue weighted by Gasteiger charge is 2.24. The number of carbonyl (C=O) groups is 2. The molecule has 3 heterocycles. The van der Waals surface area contributed by atoms with E-state index in [4.69, 9.17) is 9.84 Å². The van der Waals surface area contributed by atoms with Crippen LogP contribution in [0.3, 0.4) is 0 Å². The van der Waals surface area contributed by atoms with Gasteiger partial charge in [0.05, 0.1) is 18.9 Å². The van der Waals surface area contributed by atoms with E-state index in [-0.39, 0.29) is 37.0 Å². The third-order valence-electron chi connectivity index (χ3n) is 4.57. The van der Waals surface area contributed by atoms with E-state index in [1.807, 2.05) is 0 Å². The van der Waals surface area contributed by atoms with Crippen molar-refractivity contribution in [3.63, 3.8) is 0 Å². The van der Waals surface area contributed by atoms with E-state index < -0.39 is 5.97 Å². The second kappa shape index (κ2) is 7.69. The van der Waals surface area contributed by atoms with Gasteiger partial charge in [0, 0.05) is 43.2 Å². The Balaban J connectivity index is 1.79. The number of carbonyl (C=O) groups excluding carboxylic acids is 1. The quantitative estimate of drug-likeness (QED) is 0.734. The minimum atomic E-state index is -0.971. The fourth-order valence-corrected chi connectivity index (χ4v) is 3.16. The number of aromatic amines is 1. The summed E-state index contributed by atoms with van der Waals surface area (Å²) in [4.78, 5) is 42.1. The molecule has 2 aromatic rings. The molecule has 0 aromatic carbocycles. The number of amides is 1. The molecular weight excluding hydrogens is 340 g/mol. The number of rotatable bonds is 7. The van der Waals surface area contributed by atoms with Crippen molar-refractivity contribution >= 4 is 17.5 Å². The molecule has 2 N–H and O–H groups in total. The molecular formula is C17H22N4O5. The number of nitrogens with one attached hydrogen (secondary N) is 1. The molecule has 9 heteroatoms. The minimum Gasteiger partial charge on any atom is -0.481 e. The van der Waals surface area contributed by atoms with Gasteiger partial charge in [0.2, 0.25) is 5.91 Å². The van der Waals surface area contributed by atoms with E-state index >= 15 is 0 Å². The number of carboxylic acids is 1. The second-order valence-corrected chi connectivity index (χ2v) is 6.43. The standard InChI is InChI=1S/C17H22N4O5/c1-11-13(17(25)21-14(19-11)4-6-18-21)9-15(22)20(7-5-16(23)24)10-12-3-2-8-26-12/h4,6,12,18H,2-3,5,7-10H2,1H3,(H,23,24)/t12-/m1/s1. The fraction of sp³-hybridized carbons (Fsp3) is 0.529. The zero-order valence-corrected chi connectivity index (χ0v) is 14.6. The highest BCUT2D eigenvalue weighted by molar-refractivity contribution is 5.79. The number of aryl methyl sites for hydroxylation is 1. The predicted molar refractivity (Wildman–Crippen MR) is 92.1 cm³/mol. The lowest BCUT2D eigenvalue weighted by molar-refractivity contribution is -0.139. The van der Waals surface area contributed by atoms with Crippen molar-refractivity contribution in [2.75, 3.05) is 19.7 Å². The van der Waals surface area contributed by atoms with Crippen molar-refractivity contribution in [2.24, 2.45) is 0 Å². The third-order valence-corrected chi connectivity index (χ3v) is 4.57. The van der Waals surface area contributed by atoms with Gasteiger partial charge in [-0.3, -0.25) is 19.5 Å². The number of nitrogens with zero attached hydrogens (tertiary/aromatic N) is 3. The largest absolute Gasteiger partial charge is 0.481 e. The van der Waals surface area contributed by atoms with Crippen LogP contribution in [0.1, 0.15) is 30.5 Å². The van der Waals surface area contributed by atoms with Gasteiger partial charge in [0.15, 0.2) is 5.65 Å². The SMILES string of the molecule is Cc1nc2cc[nH]n2c(=O)c1CC(=O)N(CCC(=O)O)C[C@H]1CCCO1. The van der Waals surface area contributed by atoms with Crippen molar-refractivity contribution < 1.29 is 19.4 Å². The Morgan fingerprint density at radius 2 is 2.31 bits per heavy atom. The van der Waals surface area contributed by atoms with Gasteiger partial charge in [0.25, 0.3) is 5.56 Å². The van der Waals surface area contributed by atoms with Gasteiger partial charge in [-0.15, -0.1) is 0 Å². The molecule has 9 nitrogen and oxygen atoms in total. The Hall–Kier alpha value is -2.68. The predicted octanol–water partition coefficient (Wildman–Crippen LogP) is 0.356. The van der Waals surface area contributed by atoms with Crippen LogP contribution < -0.4 is 5.56 Å². The van der Waals surface area contributed by atoms with E-state index in [2.05, 4.69) is 10.1 Å². The number of H-pyrrole nitrogens is 1. The minimum absolute atomic E-state index is 0.0843.